The Labute approximate surface area is 189 Å². The summed E-state index contributed by atoms with van der Waals surface area (Å²) < 4.78 is 40.2. The highest BCUT2D eigenvalue weighted by Crippen LogP contribution is 2.40. The fourth-order valence-electron chi connectivity index (χ4n) is 4.18. The average Bonchev–Trinajstić information content (AvgIpc) is 3.24. The number of carboxylic acid groups (broad SMARTS) is 1. The SMILES string of the molecule is CNC(=O)C1Cn2ccnc2C2(CCN(Cc3cccc(C)c3)CC2)O1.O=C(O)C(F)(F)F. The Kier molecular flexibility index (Phi) is 7.43. The van der Waals surface area contributed by atoms with Crippen LogP contribution in [0, 0.1) is 6.92 Å². The molecule has 0 bridgehead atoms. The number of likely N-dealkylation sites (tertiary alicyclic amines) is 1. The number of amides is 1. The first kappa shape index (κ1) is 24.7. The van der Waals surface area contributed by atoms with Crippen LogP contribution in [0.15, 0.2) is 36.7 Å². The largest absolute Gasteiger partial charge is 0.490 e. The number of nitrogens with zero attached hydrogens (tertiary/aromatic N) is 3. The van der Waals surface area contributed by atoms with Gasteiger partial charge in [-0.25, -0.2) is 9.78 Å². The minimum Gasteiger partial charge on any atom is -0.475 e. The number of benzene rings is 1. The van der Waals surface area contributed by atoms with E-state index in [1.807, 2.05) is 12.4 Å². The first-order chi connectivity index (χ1) is 15.5. The van der Waals surface area contributed by atoms with Gasteiger partial charge in [-0.05, 0) is 25.3 Å². The molecule has 3 heterocycles. The molecule has 2 N–H and O–H groups in total. The number of hydrogen-bond acceptors (Lipinski definition) is 5. The lowest BCUT2D eigenvalue weighted by Crippen LogP contribution is -2.53. The quantitative estimate of drug-likeness (QED) is 0.719. The molecule has 1 unspecified atom stereocenters. The normalized spacial score (nSPS) is 19.8. The van der Waals surface area contributed by atoms with Gasteiger partial charge >= 0.3 is 12.1 Å². The predicted octanol–water partition coefficient (Wildman–Crippen LogP) is 2.46. The zero-order valence-corrected chi connectivity index (χ0v) is 18.4. The Bertz CT molecular complexity index is 984. The van der Waals surface area contributed by atoms with Crippen LogP contribution in [-0.2, 0) is 33.0 Å². The van der Waals surface area contributed by atoms with Crippen LogP contribution in [-0.4, -0.2) is 63.9 Å². The lowest BCUT2D eigenvalue weighted by atomic mass is 9.88. The fraction of sp³-hybridized carbons (Fsp3) is 0.500. The van der Waals surface area contributed by atoms with Crippen molar-refractivity contribution in [3.05, 3.63) is 53.6 Å². The van der Waals surface area contributed by atoms with Crippen molar-refractivity contribution >= 4 is 11.9 Å². The van der Waals surface area contributed by atoms with Gasteiger partial charge in [0.05, 0.1) is 6.54 Å². The first-order valence-corrected chi connectivity index (χ1v) is 10.5. The zero-order valence-electron chi connectivity index (χ0n) is 18.4. The van der Waals surface area contributed by atoms with Crippen LogP contribution >= 0.6 is 0 Å². The standard InChI is InChI=1S/C20H26N4O2.C2HF3O2/c1-15-4-3-5-16(12-15)13-23-9-6-20(7-10-23)19-22-8-11-24(19)14-17(26-20)18(25)21-2;3-2(4,5)1(6)7/h3-5,8,11-12,17H,6-7,9-10,13-14H2,1-2H3,(H,21,25);(H,6,7). The summed E-state index contributed by atoms with van der Waals surface area (Å²) in [6.45, 7) is 5.47. The smallest absolute Gasteiger partial charge is 0.475 e. The van der Waals surface area contributed by atoms with Gasteiger partial charge in [-0.15, -0.1) is 0 Å². The van der Waals surface area contributed by atoms with Crippen LogP contribution in [0.25, 0.3) is 0 Å². The summed E-state index contributed by atoms with van der Waals surface area (Å²) in [5.74, 6) is -1.86. The van der Waals surface area contributed by atoms with Gasteiger partial charge in [0, 0.05) is 39.1 Å². The van der Waals surface area contributed by atoms with Crippen molar-refractivity contribution in [3.63, 3.8) is 0 Å². The number of carbonyl (C=O) groups excluding carboxylic acids is 1. The van der Waals surface area contributed by atoms with E-state index in [9.17, 15) is 18.0 Å². The number of halogens is 3. The molecule has 180 valence electrons. The Hall–Kier alpha value is -2.92. The van der Waals surface area contributed by atoms with Crippen LogP contribution in [0.1, 0.15) is 29.8 Å². The van der Waals surface area contributed by atoms with Crippen molar-refractivity contribution in [2.24, 2.45) is 0 Å². The third-order valence-electron chi connectivity index (χ3n) is 5.79. The molecule has 1 atom stereocenters. The van der Waals surface area contributed by atoms with E-state index in [1.54, 1.807) is 7.05 Å². The number of carbonyl (C=O) groups is 2. The lowest BCUT2D eigenvalue weighted by molar-refractivity contribution is -0.192. The lowest BCUT2D eigenvalue weighted by Gasteiger charge is -2.45. The topological polar surface area (TPSA) is 96.7 Å². The number of aliphatic carboxylic acids is 1. The predicted molar refractivity (Wildman–Crippen MR) is 112 cm³/mol. The number of piperidine rings is 1. The molecule has 8 nitrogen and oxygen atoms in total. The minimum absolute atomic E-state index is 0.0640. The second-order valence-electron chi connectivity index (χ2n) is 8.19. The summed E-state index contributed by atoms with van der Waals surface area (Å²) in [5.41, 5.74) is 2.18. The molecule has 2 aliphatic rings. The number of alkyl halides is 3. The maximum atomic E-state index is 12.2. The second kappa shape index (κ2) is 9.92. The molecule has 1 fully saturated rings. The summed E-state index contributed by atoms with van der Waals surface area (Å²) in [4.78, 5) is 28.1. The Morgan fingerprint density at radius 3 is 2.55 bits per heavy atom. The van der Waals surface area contributed by atoms with E-state index in [1.165, 1.54) is 11.1 Å². The second-order valence-corrected chi connectivity index (χ2v) is 8.19. The summed E-state index contributed by atoms with van der Waals surface area (Å²) in [6.07, 6.45) is -0.0716. The number of hydrogen-bond donors (Lipinski definition) is 2. The van der Waals surface area contributed by atoms with E-state index in [0.717, 1.165) is 38.3 Å². The monoisotopic (exact) mass is 468 g/mol. The molecule has 1 spiro atoms. The number of aryl methyl sites for hydroxylation is 1. The molecule has 0 saturated carbocycles. The molecule has 1 aromatic heterocycles. The fourth-order valence-corrected chi connectivity index (χ4v) is 4.18. The number of imidazole rings is 1. The molecular formula is C22H27F3N4O4. The zero-order chi connectivity index (χ0) is 24.2. The van der Waals surface area contributed by atoms with Crippen LogP contribution in [0.3, 0.4) is 0 Å². The highest BCUT2D eigenvalue weighted by Gasteiger charge is 2.46. The van der Waals surface area contributed by atoms with Gasteiger partial charge in [-0.2, -0.15) is 13.2 Å². The number of ether oxygens (including phenoxy) is 1. The van der Waals surface area contributed by atoms with Crippen molar-refractivity contribution in [1.29, 1.82) is 0 Å². The number of fused-ring (bicyclic) bond motifs is 2. The van der Waals surface area contributed by atoms with Crippen molar-refractivity contribution in [2.45, 2.75) is 50.7 Å². The van der Waals surface area contributed by atoms with Gasteiger partial charge in [0.2, 0.25) is 0 Å². The first-order valence-electron chi connectivity index (χ1n) is 10.5. The summed E-state index contributed by atoms with van der Waals surface area (Å²) in [5, 5.41) is 9.84. The van der Waals surface area contributed by atoms with Gasteiger partial charge in [-0.3, -0.25) is 9.69 Å². The number of aromatic nitrogens is 2. The van der Waals surface area contributed by atoms with Crippen LogP contribution in [0.2, 0.25) is 0 Å². The summed E-state index contributed by atoms with van der Waals surface area (Å²) in [6, 6.07) is 8.67. The maximum Gasteiger partial charge on any atom is 0.490 e. The summed E-state index contributed by atoms with van der Waals surface area (Å²) in [7, 11) is 1.66. The third-order valence-corrected chi connectivity index (χ3v) is 5.79. The van der Waals surface area contributed by atoms with E-state index in [4.69, 9.17) is 14.6 Å². The summed E-state index contributed by atoms with van der Waals surface area (Å²) >= 11 is 0. The molecule has 0 radical (unpaired) electrons. The van der Waals surface area contributed by atoms with E-state index in [0.29, 0.717) is 6.54 Å². The van der Waals surface area contributed by atoms with Crippen LogP contribution in [0.5, 0.6) is 0 Å². The number of rotatable bonds is 3. The van der Waals surface area contributed by atoms with Gasteiger partial charge < -0.3 is 19.7 Å². The van der Waals surface area contributed by atoms with Crippen molar-refractivity contribution in [2.75, 3.05) is 20.1 Å². The Morgan fingerprint density at radius 1 is 1.30 bits per heavy atom. The number of nitrogens with one attached hydrogen (secondary N) is 1. The van der Waals surface area contributed by atoms with E-state index in [2.05, 4.69) is 51.0 Å². The molecule has 1 aromatic carbocycles. The highest BCUT2D eigenvalue weighted by molar-refractivity contribution is 5.80. The molecule has 2 aliphatic heterocycles. The Morgan fingerprint density at radius 2 is 1.97 bits per heavy atom. The molecule has 4 rings (SSSR count). The third kappa shape index (κ3) is 5.91. The van der Waals surface area contributed by atoms with E-state index in [-0.39, 0.29) is 5.91 Å². The van der Waals surface area contributed by atoms with Crippen molar-refractivity contribution in [1.82, 2.24) is 19.8 Å². The molecule has 1 amide bonds. The Balaban J connectivity index is 0.000000383. The molecule has 2 aromatic rings. The van der Waals surface area contributed by atoms with E-state index >= 15 is 0 Å². The molecule has 1 saturated heterocycles. The van der Waals surface area contributed by atoms with Crippen LogP contribution in [0.4, 0.5) is 13.2 Å². The van der Waals surface area contributed by atoms with Crippen molar-refractivity contribution < 1.29 is 32.6 Å². The van der Waals surface area contributed by atoms with Gasteiger partial charge in [0.1, 0.15) is 11.4 Å². The highest BCUT2D eigenvalue weighted by atomic mass is 19.4. The minimum atomic E-state index is -5.08. The molecule has 11 heteroatoms. The maximum absolute atomic E-state index is 12.2. The number of likely N-dealkylation sites (N-methyl/N-ethyl adjacent to an activating group) is 1. The van der Waals surface area contributed by atoms with Gasteiger partial charge in [0.15, 0.2) is 6.10 Å². The van der Waals surface area contributed by atoms with E-state index < -0.39 is 23.9 Å². The molecule has 0 aliphatic carbocycles. The van der Waals surface area contributed by atoms with Gasteiger partial charge in [-0.1, -0.05) is 29.8 Å². The number of carboxylic acids is 1. The van der Waals surface area contributed by atoms with Crippen molar-refractivity contribution in [3.8, 4) is 0 Å². The molecular weight excluding hydrogens is 441 g/mol. The molecule has 33 heavy (non-hydrogen) atoms. The average molecular weight is 468 g/mol. The van der Waals surface area contributed by atoms with Gasteiger partial charge in [0.25, 0.3) is 5.91 Å². The van der Waals surface area contributed by atoms with Crippen LogP contribution < -0.4 is 5.32 Å².